The molecule has 2 unspecified atom stereocenters. The lowest BCUT2D eigenvalue weighted by molar-refractivity contribution is -0.108. The Balaban J connectivity index is 2.37. The third-order valence-corrected chi connectivity index (χ3v) is 5.23. The van der Waals surface area contributed by atoms with Gasteiger partial charge in [0.1, 0.15) is 0 Å². The van der Waals surface area contributed by atoms with Crippen molar-refractivity contribution < 1.29 is 9.59 Å². The molecule has 0 saturated heterocycles. The van der Waals surface area contributed by atoms with E-state index in [2.05, 4.69) is 13.2 Å². The first kappa shape index (κ1) is 14.6. The van der Waals surface area contributed by atoms with Gasteiger partial charge in [0, 0.05) is 10.5 Å². The maximum absolute atomic E-state index is 11.5. The summed E-state index contributed by atoms with van der Waals surface area (Å²) in [5.74, 6) is 0. The van der Waals surface area contributed by atoms with Crippen LogP contribution in [0, 0.1) is 0 Å². The topological polar surface area (TPSA) is 34.1 Å². The molecular weight excluding hydrogens is 252 g/mol. The Bertz CT molecular complexity index is 326. The Morgan fingerprint density at radius 1 is 0.941 bits per heavy atom. The van der Waals surface area contributed by atoms with Gasteiger partial charge in [-0.2, -0.15) is 0 Å². The van der Waals surface area contributed by atoms with Crippen molar-refractivity contribution in [2.24, 2.45) is 0 Å². The van der Waals surface area contributed by atoms with Crippen molar-refractivity contribution in [1.29, 1.82) is 0 Å². The van der Waals surface area contributed by atoms with Crippen LogP contribution in [0.1, 0.15) is 33.1 Å². The first-order valence-electron chi connectivity index (χ1n) is 5.63. The van der Waals surface area contributed by atoms with Crippen LogP contribution in [0.2, 0.25) is 0 Å². The van der Waals surface area contributed by atoms with Gasteiger partial charge >= 0.3 is 0 Å². The van der Waals surface area contributed by atoms with Gasteiger partial charge < -0.3 is 0 Å². The first-order valence-corrected chi connectivity index (χ1v) is 7.39. The average Bonchev–Trinajstić information content (AvgIpc) is 2.65. The highest BCUT2D eigenvalue weighted by Gasteiger charge is 2.29. The molecule has 0 aromatic rings. The van der Waals surface area contributed by atoms with Crippen molar-refractivity contribution in [3.8, 4) is 0 Å². The van der Waals surface area contributed by atoms with Gasteiger partial charge in [-0.1, -0.05) is 36.7 Å². The highest BCUT2D eigenvalue weighted by Crippen LogP contribution is 2.38. The van der Waals surface area contributed by atoms with Gasteiger partial charge in [0.15, 0.2) is 0 Å². The van der Waals surface area contributed by atoms with Crippen molar-refractivity contribution in [1.82, 2.24) is 0 Å². The predicted octanol–water partition coefficient (Wildman–Crippen LogP) is 3.58. The molecule has 0 bridgehead atoms. The summed E-state index contributed by atoms with van der Waals surface area (Å²) in [6.45, 7) is 10.8. The minimum absolute atomic E-state index is 0.0758. The van der Waals surface area contributed by atoms with Gasteiger partial charge in [-0.05, 0) is 44.3 Å². The summed E-state index contributed by atoms with van der Waals surface area (Å²) in [7, 11) is 0. The van der Waals surface area contributed by atoms with E-state index in [4.69, 9.17) is 0 Å². The van der Waals surface area contributed by atoms with Crippen LogP contribution in [0.5, 0.6) is 0 Å². The second-order valence-corrected chi connectivity index (χ2v) is 6.97. The molecule has 1 aliphatic rings. The Kier molecular flexibility index (Phi) is 5.53. The molecule has 0 heterocycles. The molecule has 1 saturated carbocycles. The fourth-order valence-electron chi connectivity index (χ4n) is 1.62. The summed E-state index contributed by atoms with van der Waals surface area (Å²) < 4.78 is 0. The minimum atomic E-state index is 0.0758. The van der Waals surface area contributed by atoms with Gasteiger partial charge in [0.2, 0.25) is 10.2 Å². The van der Waals surface area contributed by atoms with Crippen molar-refractivity contribution in [2.75, 3.05) is 0 Å². The van der Waals surface area contributed by atoms with Crippen molar-refractivity contribution in [2.45, 2.75) is 43.6 Å². The smallest absolute Gasteiger partial charge is 0.214 e. The predicted molar refractivity (Wildman–Crippen MR) is 76.3 cm³/mol. The van der Waals surface area contributed by atoms with E-state index in [1.54, 1.807) is 13.8 Å². The quantitative estimate of drug-likeness (QED) is 0.731. The lowest BCUT2D eigenvalue weighted by Gasteiger charge is -2.09. The lowest BCUT2D eigenvalue weighted by Crippen LogP contribution is -2.06. The Labute approximate surface area is 111 Å². The Morgan fingerprint density at radius 2 is 1.29 bits per heavy atom. The first-order chi connectivity index (χ1) is 7.90. The van der Waals surface area contributed by atoms with Gasteiger partial charge in [-0.25, -0.2) is 0 Å². The van der Waals surface area contributed by atoms with E-state index in [9.17, 15) is 9.59 Å². The third-order valence-electron chi connectivity index (χ3n) is 2.58. The molecule has 0 amide bonds. The molecule has 1 aliphatic carbocycles. The van der Waals surface area contributed by atoms with Crippen LogP contribution < -0.4 is 0 Å². The largest absolute Gasteiger partial charge is 0.282 e. The van der Waals surface area contributed by atoms with Crippen LogP contribution in [0.4, 0.5) is 0 Å². The van der Waals surface area contributed by atoms with Crippen LogP contribution in [-0.4, -0.2) is 20.7 Å². The fraction of sp³-hybridized carbons (Fsp3) is 0.538. The Morgan fingerprint density at radius 3 is 1.59 bits per heavy atom. The number of carbonyl (C=O) groups excluding carboxylic acids is 2. The molecule has 0 aromatic heterocycles. The van der Waals surface area contributed by atoms with E-state index in [1.165, 1.54) is 23.5 Å². The maximum Gasteiger partial charge on any atom is 0.214 e. The molecule has 0 spiro atoms. The minimum Gasteiger partial charge on any atom is -0.282 e. The zero-order valence-electron chi connectivity index (χ0n) is 10.3. The molecule has 0 radical (unpaired) electrons. The summed E-state index contributed by atoms with van der Waals surface area (Å²) in [5.41, 5.74) is 1.20. The van der Waals surface area contributed by atoms with Crippen molar-refractivity contribution in [3.63, 3.8) is 0 Å². The highest BCUT2D eigenvalue weighted by molar-refractivity contribution is 8.15. The zero-order valence-corrected chi connectivity index (χ0v) is 12.0. The number of thioether (sulfide) groups is 2. The molecule has 1 fully saturated rings. The maximum atomic E-state index is 11.5. The van der Waals surface area contributed by atoms with E-state index >= 15 is 0 Å². The van der Waals surface area contributed by atoms with Crippen LogP contribution in [0.3, 0.4) is 0 Å². The SMILES string of the molecule is C=C(C)C(=O)SC1CCC(SC(=O)C(=C)C)C1. The fourth-order valence-corrected chi connectivity index (χ4v) is 3.91. The van der Waals surface area contributed by atoms with Crippen LogP contribution >= 0.6 is 23.5 Å². The second-order valence-electron chi connectivity index (χ2n) is 4.43. The standard InChI is InChI=1S/C13H18O2S2/c1-8(2)12(14)16-10-5-6-11(7-10)17-13(15)9(3)4/h10-11H,1,3,5-7H2,2,4H3. The third kappa shape index (κ3) is 4.72. The van der Waals surface area contributed by atoms with Crippen LogP contribution in [-0.2, 0) is 9.59 Å². The van der Waals surface area contributed by atoms with E-state index in [0.717, 1.165) is 19.3 Å². The molecule has 2 atom stereocenters. The number of hydrogen-bond acceptors (Lipinski definition) is 4. The molecule has 1 rings (SSSR count). The van der Waals surface area contributed by atoms with E-state index < -0.39 is 0 Å². The van der Waals surface area contributed by atoms with Gasteiger partial charge in [0.05, 0.1) is 0 Å². The second kappa shape index (κ2) is 6.45. The number of rotatable bonds is 4. The number of hydrogen-bond donors (Lipinski definition) is 0. The summed E-state index contributed by atoms with van der Waals surface area (Å²) in [5, 5.41) is 0.836. The molecule has 4 heteroatoms. The zero-order chi connectivity index (χ0) is 13.0. The molecular formula is C13H18O2S2. The number of carbonyl (C=O) groups is 2. The molecule has 2 nitrogen and oxygen atoms in total. The van der Waals surface area contributed by atoms with Crippen LogP contribution in [0.15, 0.2) is 24.3 Å². The summed E-state index contributed by atoms with van der Waals surface area (Å²) in [6.07, 6.45) is 2.93. The molecule has 0 aliphatic heterocycles. The normalized spacial score (nSPS) is 23.4. The van der Waals surface area contributed by atoms with Crippen molar-refractivity contribution >= 4 is 33.8 Å². The van der Waals surface area contributed by atoms with Gasteiger partial charge in [-0.15, -0.1) is 0 Å². The molecule has 0 aromatic carbocycles. The molecule has 94 valence electrons. The lowest BCUT2D eigenvalue weighted by atomic mass is 10.4. The van der Waals surface area contributed by atoms with Gasteiger partial charge in [-0.3, -0.25) is 9.59 Å². The van der Waals surface area contributed by atoms with E-state index in [1.807, 2.05) is 0 Å². The highest BCUT2D eigenvalue weighted by atomic mass is 32.2. The molecule has 17 heavy (non-hydrogen) atoms. The Hall–Kier alpha value is -0.480. The van der Waals surface area contributed by atoms with Gasteiger partial charge in [0.25, 0.3) is 0 Å². The average molecular weight is 270 g/mol. The molecule has 0 N–H and O–H groups in total. The summed E-state index contributed by atoms with van der Waals surface area (Å²) in [4.78, 5) is 23.0. The van der Waals surface area contributed by atoms with Crippen molar-refractivity contribution in [3.05, 3.63) is 24.3 Å². The van der Waals surface area contributed by atoms with E-state index in [0.29, 0.717) is 21.6 Å². The van der Waals surface area contributed by atoms with E-state index in [-0.39, 0.29) is 10.2 Å². The summed E-state index contributed by atoms with van der Waals surface area (Å²) >= 11 is 2.74. The van der Waals surface area contributed by atoms with Crippen LogP contribution in [0.25, 0.3) is 0 Å². The monoisotopic (exact) mass is 270 g/mol. The summed E-state index contributed by atoms with van der Waals surface area (Å²) in [6, 6.07) is 0.